The third-order valence-electron chi connectivity index (χ3n) is 5.16. The lowest BCUT2D eigenvalue weighted by atomic mass is 9.53. The molecule has 3 fully saturated rings. The van der Waals surface area contributed by atoms with Gasteiger partial charge in [0.25, 0.3) is 0 Å². The SMILES string of the molecule is CC1(OC(=O)C(F)(F)S(=O)(=O)O)C2CC3CC2C1C3. The minimum Gasteiger partial charge on any atom is -0.453 e. The van der Waals surface area contributed by atoms with Gasteiger partial charge in [-0.1, -0.05) is 0 Å². The zero-order chi connectivity index (χ0) is 14.2. The number of esters is 1. The number of carbonyl (C=O) groups is 1. The first-order valence-corrected chi connectivity index (χ1v) is 7.59. The second-order valence-corrected chi connectivity index (χ2v) is 7.48. The second kappa shape index (κ2) is 3.46. The van der Waals surface area contributed by atoms with Crippen LogP contribution in [0, 0.1) is 23.7 Å². The van der Waals surface area contributed by atoms with Crippen LogP contribution in [0.2, 0.25) is 0 Å². The molecule has 0 amide bonds. The van der Waals surface area contributed by atoms with Crippen LogP contribution in [0.1, 0.15) is 26.2 Å². The molecule has 0 saturated heterocycles. The van der Waals surface area contributed by atoms with Gasteiger partial charge in [0.1, 0.15) is 5.60 Å². The average molecular weight is 296 g/mol. The summed E-state index contributed by atoms with van der Waals surface area (Å²) in [4.78, 5) is 11.4. The number of halogens is 2. The van der Waals surface area contributed by atoms with E-state index in [-0.39, 0.29) is 11.8 Å². The summed E-state index contributed by atoms with van der Waals surface area (Å²) in [7, 11) is -5.79. The van der Waals surface area contributed by atoms with Gasteiger partial charge in [0.2, 0.25) is 0 Å². The molecule has 2 unspecified atom stereocenters. The fraction of sp³-hybridized carbons (Fsp3) is 0.909. The van der Waals surface area contributed by atoms with Crippen molar-refractivity contribution in [1.82, 2.24) is 0 Å². The highest BCUT2D eigenvalue weighted by Crippen LogP contribution is 2.69. The Morgan fingerprint density at radius 3 is 2.21 bits per heavy atom. The van der Waals surface area contributed by atoms with E-state index < -0.39 is 26.9 Å². The van der Waals surface area contributed by atoms with Gasteiger partial charge in [0, 0.05) is 11.8 Å². The Bertz CT molecular complexity index is 529. The topological polar surface area (TPSA) is 80.7 Å². The maximum absolute atomic E-state index is 13.2. The quantitative estimate of drug-likeness (QED) is 0.629. The van der Waals surface area contributed by atoms with Crippen LogP contribution in [0.3, 0.4) is 0 Å². The van der Waals surface area contributed by atoms with Gasteiger partial charge in [-0.05, 0) is 38.0 Å². The van der Waals surface area contributed by atoms with Crippen molar-refractivity contribution < 1.29 is 31.3 Å². The fourth-order valence-electron chi connectivity index (χ4n) is 4.34. The molecule has 1 N–H and O–H groups in total. The molecule has 0 radical (unpaired) electrons. The summed E-state index contributed by atoms with van der Waals surface area (Å²) in [5.74, 6) is -1.11. The monoisotopic (exact) mass is 296 g/mol. The molecule has 3 aliphatic carbocycles. The van der Waals surface area contributed by atoms with Gasteiger partial charge in [-0.2, -0.15) is 17.2 Å². The number of fused-ring (bicyclic) bond motifs is 1. The Labute approximate surface area is 109 Å². The van der Waals surface area contributed by atoms with Gasteiger partial charge in [-0.15, -0.1) is 0 Å². The Hall–Kier alpha value is -0.760. The molecule has 0 aromatic carbocycles. The van der Waals surface area contributed by atoms with Crippen LogP contribution in [-0.2, 0) is 19.6 Å². The highest BCUT2D eigenvalue weighted by atomic mass is 32.2. The van der Waals surface area contributed by atoms with Gasteiger partial charge in [-0.25, -0.2) is 4.79 Å². The molecular weight excluding hydrogens is 282 g/mol. The Balaban J connectivity index is 1.78. The zero-order valence-electron chi connectivity index (χ0n) is 10.2. The molecule has 2 bridgehead atoms. The molecule has 0 aliphatic heterocycles. The van der Waals surface area contributed by atoms with Crippen molar-refractivity contribution in [1.29, 1.82) is 0 Å². The summed E-state index contributed by atoms with van der Waals surface area (Å²) in [5.41, 5.74) is -1.01. The number of carbonyl (C=O) groups excluding carboxylic acids is 1. The van der Waals surface area contributed by atoms with E-state index in [9.17, 15) is 22.0 Å². The molecule has 0 spiro atoms. The molecule has 0 heterocycles. The molecule has 5 nitrogen and oxygen atoms in total. The van der Waals surface area contributed by atoms with E-state index in [0.717, 1.165) is 19.3 Å². The molecule has 3 rings (SSSR count). The van der Waals surface area contributed by atoms with Crippen molar-refractivity contribution in [2.24, 2.45) is 23.7 Å². The standard InChI is InChI=1S/C11H14F2O5S/c1-10(7-3-5-2-6(7)8(10)4-5)18-9(14)11(12,13)19(15,16)17/h5-8H,2-4H2,1H3,(H,15,16,17). The predicted molar refractivity (Wildman–Crippen MR) is 58.8 cm³/mol. The van der Waals surface area contributed by atoms with Crippen molar-refractivity contribution in [2.45, 2.75) is 37.0 Å². The van der Waals surface area contributed by atoms with Gasteiger partial charge in [-0.3, -0.25) is 4.55 Å². The highest BCUT2D eigenvalue weighted by molar-refractivity contribution is 7.87. The van der Waals surface area contributed by atoms with Gasteiger partial charge < -0.3 is 4.74 Å². The third-order valence-corrected chi connectivity index (χ3v) is 5.97. The predicted octanol–water partition coefficient (Wildman–Crippen LogP) is 1.44. The number of hydrogen-bond donors (Lipinski definition) is 1. The van der Waals surface area contributed by atoms with Crippen LogP contribution in [0.25, 0.3) is 0 Å². The first kappa shape index (κ1) is 13.2. The van der Waals surface area contributed by atoms with Gasteiger partial charge in [0.05, 0.1) is 0 Å². The lowest BCUT2D eigenvalue weighted by molar-refractivity contribution is -0.229. The van der Waals surface area contributed by atoms with Crippen molar-refractivity contribution in [2.75, 3.05) is 0 Å². The zero-order valence-corrected chi connectivity index (χ0v) is 11.0. The number of rotatable bonds is 3. The lowest BCUT2D eigenvalue weighted by Crippen LogP contribution is -2.63. The van der Waals surface area contributed by atoms with E-state index >= 15 is 0 Å². The van der Waals surface area contributed by atoms with E-state index in [2.05, 4.69) is 0 Å². The smallest absolute Gasteiger partial charge is 0.453 e. The summed E-state index contributed by atoms with van der Waals surface area (Å²) in [6, 6.07) is 0. The molecule has 108 valence electrons. The highest BCUT2D eigenvalue weighted by Gasteiger charge is 2.70. The van der Waals surface area contributed by atoms with Crippen LogP contribution in [0.5, 0.6) is 0 Å². The van der Waals surface area contributed by atoms with Crippen molar-refractivity contribution in [3.63, 3.8) is 0 Å². The first-order chi connectivity index (χ1) is 8.57. The largest absolute Gasteiger partial charge is 0.465 e. The maximum Gasteiger partial charge on any atom is 0.465 e. The molecule has 3 saturated carbocycles. The maximum atomic E-state index is 13.2. The minimum absolute atomic E-state index is 0.0393. The van der Waals surface area contributed by atoms with E-state index in [1.807, 2.05) is 0 Å². The summed E-state index contributed by atoms with van der Waals surface area (Å²) in [6.07, 6.45) is 2.71. The molecule has 3 aliphatic rings. The molecule has 0 aromatic heterocycles. The number of ether oxygens (including phenoxy) is 1. The molecule has 2 atom stereocenters. The van der Waals surface area contributed by atoms with Crippen molar-refractivity contribution >= 4 is 16.1 Å². The van der Waals surface area contributed by atoms with Crippen LogP contribution in [0.15, 0.2) is 0 Å². The van der Waals surface area contributed by atoms with Crippen LogP contribution in [-0.4, -0.2) is 29.8 Å². The van der Waals surface area contributed by atoms with Crippen LogP contribution >= 0.6 is 0 Å². The summed E-state index contributed by atoms with van der Waals surface area (Å²) < 4.78 is 60.6. The van der Waals surface area contributed by atoms with Crippen LogP contribution in [0.4, 0.5) is 8.78 Å². The third kappa shape index (κ3) is 1.53. The summed E-state index contributed by atoms with van der Waals surface area (Å²) >= 11 is 0. The van der Waals surface area contributed by atoms with E-state index in [1.54, 1.807) is 6.92 Å². The second-order valence-electron chi connectivity index (χ2n) is 6.02. The van der Waals surface area contributed by atoms with Gasteiger partial charge in [0.15, 0.2) is 0 Å². The Morgan fingerprint density at radius 1 is 1.32 bits per heavy atom. The molecular formula is C11H14F2O5S. The average Bonchev–Trinajstić information content (AvgIpc) is 2.83. The van der Waals surface area contributed by atoms with Crippen LogP contribution < -0.4 is 0 Å². The first-order valence-electron chi connectivity index (χ1n) is 6.15. The minimum atomic E-state index is -5.79. The summed E-state index contributed by atoms with van der Waals surface area (Å²) in [6.45, 7) is 1.58. The fourth-order valence-corrected chi connectivity index (χ4v) is 4.59. The molecule has 19 heavy (non-hydrogen) atoms. The van der Waals surface area contributed by atoms with E-state index in [4.69, 9.17) is 9.29 Å². The molecule has 0 aromatic rings. The van der Waals surface area contributed by atoms with Crippen molar-refractivity contribution in [3.05, 3.63) is 0 Å². The van der Waals surface area contributed by atoms with E-state index in [1.165, 1.54) is 0 Å². The Kier molecular flexibility index (Phi) is 2.41. The lowest BCUT2D eigenvalue weighted by Gasteiger charge is -2.57. The molecule has 8 heteroatoms. The summed E-state index contributed by atoms with van der Waals surface area (Å²) in [5, 5.41) is -4.90. The Morgan fingerprint density at radius 2 is 1.84 bits per heavy atom. The van der Waals surface area contributed by atoms with E-state index in [0.29, 0.717) is 11.8 Å². The normalized spacial score (nSPS) is 44.0. The van der Waals surface area contributed by atoms with Gasteiger partial charge >= 0.3 is 21.3 Å². The van der Waals surface area contributed by atoms with Crippen molar-refractivity contribution in [3.8, 4) is 0 Å². The number of alkyl halides is 2. The number of hydrogen-bond acceptors (Lipinski definition) is 4.